The number of hydrogen-bond acceptors (Lipinski definition) is 2. The van der Waals surface area contributed by atoms with E-state index in [2.05, 4.69) is 43.0 Å². The molecule has 1 aromatic carbocycles. The average Bonchev–Trinajstić information content (AvgIpc) is 2.46. The summed E-state index contributed by atoms with van der Waals surface area (Å²) in [6, 6.07) is 8.42. The van der Waals surface area contributed by atoms with Gasteiger partial charge in [0.25, 0.3) is 0 Å². The number of nitrogens with zero attached hydrogens (tertiary/aromatic N) is 1. The van der Waals surface area contributed by atoms with Crippen molar-refractivity contribution in [2.45, 2.75) is 45.1 Å². The molecule has 0 radical (unpaired) electrons. The van der Waals surface area contributed by atoms with E-state index in [1.165, 1.54) is 5.56 Å². The van der Waals surface area contributed by atoms with Gasteiger partial charge in [0.05, 0.1) is 6.67 Å². The molecule has 0 spiro atoms. The predicted octanol–water partition coefficient (Wildman–Crippen LogP) is 4.01. The molecule has 1 aliphatic heterocycles. The van der Waals surface area contributed by atoms with Gasteiger partial charge in [-0.3, -0.25) is 9.29 Å². The Morgan fingerprint density at radius 2 is 2.05 bits per heavy atom. The first kappa shape index (κ1) is 15.3. The molecule has 2 nitrogen and oxygen atoms in total. The molecule has 0 aromatic heterocycles. The van der Waals surface area contributed by atoms with E-state index in [0.29, 0.717) is 12.3 Å². The van der Waals surface area contributed by atoms with Gasteiger partial charge in [0.2, 0.25) is 0 Å². The number of alkyl halides is 1. The summed E-state index contributed by atoms with van der Waals surface area (Å²) in [4.78, 5) is 2.32. The van der Waals surface area contributed by atoms with E-state index in [9.17, 15) is 4.39 Å². The summed E-state index contributed by atoms with van der Waals surface area (Å²) in [6.07, 6.45) is 3.11. The smallest absolute Gasteiger partial charge is 0.119 e. The van der Waals surface area contributed by atoms with Crippen LogP contribution in [0.2, 0.25) is 0 Å². The number of piperidine rings is 1. The molecule has 0 aliphatic carbocycles. The van der Waals surface area contributed by atoms with Crippen LogP contribution < -0.4 is 4.74 Å². The van der Waals surface area contributed by atoms with Gasteiger partial charge in [0.15, 0.2) is 0 Å². The summed E-state index contributed by atoms with van der Waals surface area (Å²) in [5, 5.41) is 0. The Labute approximate surface area is 121 Å². The normalized spacial score (nSPS) is 20.3. The number of hydrogen-bond donors (Lipinski definition) is 0. The third-order valence-electron chi connectivity index (χ3n) is 3.92. The van der Waals surface area contributed by atoms with E-state index in [-0.39, 0.29) is 12.8 Å². The Morgan fingerprint density at radius 3 is 2.70 bits per heavy atom. The summed E-state index contributed by atoms with van der Waals surface area (Å²) in [7, 11) is 0. The first-order valence-corrected chi connectivity index (χ1v) is 7.74. The topological polar surface area (TPSA) is 12.5 Å². The lowest BCUT2D eigenvalue weighted by Crippen LogP contribution is -2.41. The molecule has 1 atom stereocenters. The molecule has 1 fully saturated rings. The van der Waals surface area contributed by atoms with Crippen molar-refractivity contribution in [3.63, 3.8) is 0 Å². The van der Waals surface area contributed by atoms with Crippen LogP contribution in [-0.2, 0) is 0 Å². The van der Waals surface area contributed by atoms with Crippen LogP contribution in [-0.4, -0.2) is 37.3 Å². The molecule has 2 rings (SSSR count). The molecule has 1 heterocycles. The Morgan fingerprint density at radius 1 is 1.30 bits per heavy atom. The Kier molecular flexibility index (Phi) is 5.84. The van der Waals surface area contributed by atoms with Crippen LogP contribution in [0.25, 0.3) is 0 Å². The number of likely N-dealkylation sites (tertiary alicyclic amines) is 1. The molecule has 20 heavy (non-hydrogen) atoms. The van der Waals surface area contributed by atoms with Crippen molar-refractivity contribution in [1.82, 2.24) is 4.90 Å². The summed E-state index contributed by atoms with van der Waals surface area (Å²) in [5.74, 6) is 1.50. The van der Waals surface area contributed by atoms with Crippen LogP contribution in [0.15, 0.2) is 24.3 Å². The highest BCUT2D eigenvalue weighted by atomic mass is 19.1. The van der Waals surface area contributed by atoms with Crippen LogP contribution in [0.4, 0.5) is 4.39 Å². The van der Waals surface area contributed by atoms with Gasteiger partial charge in [0, 0.05) is 13.1 Å². The van der Waals surface area contributed by atoms with Crippen LogP contribution >= 0.6 is 0 Å². The minimum absolute atomic E-state index is 0.224. The number of ether oxygens (including phenoxy) is 1. The SMILES string of the molecule is CC(C)c1ccc(O[C@@H]2CCCN(CCCF)C2)cc1. The molecule has 0 amide bonds. The molecule has 0 bridgehead atoms. The summed E-state index contributed by atoms with van der Waals surface area (Å²) >= 11 is 0. The number of rotatable bonds is 6. The van der Waals surface area contributed by atoms with E-state index in [1.54, 1.807) is 0 Å². The van der Waals surface area contributed by atoms with Crippen LogP contribution in [0.5, 0.6) is 5.75 Å². The minimum Gasteiger partial charge on any atom is -0.489 e. The Balaban J connectivity index is 1.85. The second kappa shape index (κ2) is 7.63. The molecule has 0 saturated carbocycles. The third kappa shape index (κ3) is 4.48. The summed E-state index contributed by atoms with van der Waals surface area (Å²) in [5.41, 5.74) is 1.34. The fraction of sp³-hybridized carbons (Fsp3) is 0.647. The number of halogens is 1. The molecular weight excluding hydrogens is 253 g/mol. The molecular formula is C17H26FNO. The van der Waals surface area contributed by atoms with Crippen molar-refractivity contribution in [3.8, 4) is 5.75 Å². The molecule has 0 N–H and O–H groups in total. The first-order chi connectivity index (χ1) is 9.69. The van der Waals surface area contributed by atoms with Gasteiger partial charge in [0.1, 0.15) is 11.9 Å². The fourth-order valence-electron chi connectivity index (χ4n) is 2.72. The van der Waals surface area contributed by atoms with Gasteiger partial charge in [-0.25, -0.2) is 0 Å². The Hall–Kier alpha value is -1.09. The standard InChI is InChI=1S/C17H26FNO/c1-14(2)15-6-8-16(9-7-15)20-17-5-3-11-19(13-17)12-4-10-18/h6-9,14,17H,3-5,10-13H2,1-2H3/t17-/m1/s1. The Bertz CT molecular complexity index is 390. The van der Waals surface area contributed by atoms with Crippen LogP contribution in [0.1, 0.15) is 44.6 Å². The van der Waals surface area contributed by atoms with Crippen molar-refractivity contribution >= 4 is 0 Å². The molecule has 3 heteroatoms. The van der Waals surface area contributed by atoms with Crippen molar-refractivity contribution in [2.24, 2.45) is 0 Å². The highest BCUT2D eigenvalue weighted by molar-refractivity contribution is 5.29. The van der Waals surface area contributed by atoms with E-state index in [0.717, 1.165) is 38.2 Å². The maximum atomic E-state index is 12.2. The zero-order valence-electron chi connectivity index (χ0n) is 12.6. The molecule has 1 aromatic rings. The van der Waals surface area contributed by atoms with E-state index < -0.39 is 0 Å². The van der Waals surface area contributed by atoms with E-state index in [1.807, 2.05) is 0 Å². The molecule has 1 saturated heterocycles. The second-order valence-corrected chi connectivity index (χ2v) is 5.95. The third-order valence-corrected chi connectivity index (χ3v) is 3.92. The van der Waals surface area contributed by atoms with Crippen LogP contribution in [0.3, 0.4) is 0 Å². The average molecular weight is 279 g/mol. The van der Waals surface area contributed by atoms with Crippen molar-refractivity contribution in [2.75, 3.05) is 26.3 Å². The monoisotopic (exact) mass is 279 g/mol. The first-order valence-electron chi connectivity index (χ1n) is 7.74. The minimum atomic E-state index is -0.224. The molecule has 0 unspecified atom stereocenters. The fourth-order valence-corrected chi connectivity index (χ4v) is 2.72. The van der Waals surface area contributed by atoms with Gasteiger partial charge in [-0.15, -0.1) is 0 Å². The molecule has 1 aliphatic rings. The zero-order chi connectivity index (χ0) is 14.4. The maximum absolute atomic E-state index is 12.2. The van der Waals surface area contributed by atoms with Gasteiger partial charge in [-0.2, -0.15) is 0 Å². The summed E-state index contributed by atoms with van der Waals surface area (Å²) < 4.78 is 18.3. The van der Waals surface area contributed by atoms with Gasteiger partial charge >= 0.3 is 0 Å². The van der Waals surface area contributed by atoms with Gasteiger partial charge in [-0.1, -0.05) is 26.0 Å². The van der Waals surface area contributed by atoms with Crippen LogP contribution in [0, 0.1) is 0 Å². The van der Waals surface area contributed by atoms with Crippen molar-refractivity contribution in [1.29, 1.82) is 0 Å². The van der Waals surface area contributed by atoms with Crippen molar-refractivity contribution in [3.05, 3.63) is 29.8 Å². The van der Waals surface area contributed by atoms with Gasteiger partial charge < -0.3 is 4.74 Å². The van der Waals surface area contributed by atoms with E-state index in [4.69, 9.17) is 4.74 Å². The second-order valence-electron chi connectivity index (χ2n) is 5.95. The lowest BCUT2D eigenvalue weighted by atomic mass is 10.0. The highest BCUT2D eigenvalue weighted by Gasteiger charge is 2.20. The molecule has 112 valence electrons. The van der Waals surface area contributed by atoms with Gasteiger partial charge in [-0.05, 0) is 49.4 Å². The number of benzene rings is 1. The lowest BCUT2D eigenvalue weighted by molar-refractivity contribution is 0.0866. The lowest BCUT2D eigenvalue weighted by Gasteiger charge is -2.32. The largest absolute Gasteiger partial charge is 0.489 e. The highest BCUT2D eigenvalue weighted by Crippen LogP contribution is 2.22. The predicted molar refractivity (Wildman–Crippen MR) is 81.2 cm³/mol. The quantitative estimate of drug-likeness (QED) is 0.780. The van der Waals surface area contributed by atoms with Crippen molar-refractivity contribution < 1.29 is 9.13 Å². The maximum Gasteiger partial charge on any atom is 0.119 e. The summed E-state index contributed by atoms with van der Waals surface area (Å²) in [6.45, 7) is 7.01. The van der Waals surface area contributed by atoms with E-state index >= 15 is 0 Å². The zero-order valence-corrected chi connectivity index (χ0v) is 12.6.